The third-order valence-corrected chi connectivity index (χ3v) is 16.6. The minimum Gasteiger partial charge on any atom is -0.490 e. The Morgan fingerprint density at radius 1 is 0.521 bits per heavy atom. The van der Waals surface area contributed by atoms with Crippen molar-refractivity contribution in [1.29, 1.82) is 0 Å². The monoisotopic (exact) mass is 1010 g/mol. The minimum absolute atomic E-state index is 0.536. The number of aryl methyl sites for hydroxylation is 1. The van der Waals surface area contributed by atoms with E-state index in [9.17, 15) is 0 Å². The van der Waals surface area contributed by atoms with Crippen LogP contribution in [-0.2, 0) is 0 Å². The van der Waals surface area contributed by atoms with Crippen LogP contribution in [0.3, 0.4) is 0 Å². The summed E-state index contributed by atoms with van der Waals surface area (Å²) in [4.78, 5) is 2.64. The van der Waals surface area contributed by atoms with Crippen molar-refractivity contribution in [3.05, 3.63) is 81.3 Å². The number of nitrogens with zero attached hydrogens (tertiary/aromatic N) is 2. The lowest BCUT2D eigenvalue weighted by Crippen LogP contribution is -2.50. The highest BCUT2D eigenvalue weighted by atomic mass is 32.1. The van der Waals surface area contributed by atoms with E-state index in [-0.39, 0.29) is 0 Å². The fraction of sp³-hybridized carbons (Fsp3) is 0.623. The number of benzene rings is 1. The molecule has 0 amide bonds. The smallest absolute Gasteiger partial charge is 0.490 e. The van der Waals surface area contributed by atoms with Gasteiger partial charge in [0.1, 0.15) is 0 Å². The number of hydrogen-bond acceptors (Lipinski definition) is 5. The summed E-state index contributed by atoms with van der Waals surface area (Å²) < 4.78 is 57.3. The summed E-state index contributed by atoms with van der Waals surface area (Å²) in [5, 5.41) is 1.95. The number of hydrogen-bond donors (Lipinski definition) is 0. The van der Waals surface area contributed by atoms with E-state index in [1.807, 2.05) is 55.6 Å². The third-order valence-electron chi connectivity index (χ3n) is 14.6. The molecule has 0 aliphatic carbocycles. The summed E-state index contributed by atoms with van der Waals surface area (Å²) >= 11 is 3.05. The molecule has 0 unspecified atom stereocenters. The van der Waals surface area contributed by atoms with E-state index in [2.05, 4.69) is 39.0 Å². The molecule has 3 aromatic heterocycles. The molecule has 71 heavy (non-hydrogen) atoms. The van der Waals surface area contributed by atoms with Crippen molar-refractivity contribution in [3.8, 4) is 38.3 Å². The van der Waals surface area contributed by atoms with Gasteiger partial charge in [-0.05, 0) is 86.0 Å². The number of allylic oxidation sites excluding steroid dienone is 2. The first-order valence-corrected chi connectivity index (χ1v) is 30.5. The van der Waals surface area contributed by atoms with Crippen molar-refractivity contribution in [1.82, 2.24) is 4.48 Å². The molecular weight excluding hydrogens is 922 g/mol. The molecule has 5 nitrogen and oxygen atoms in total. The maximum atomic E-state index is 17.3. The van der Waals surface area contributed by atoms with Crippen molar-refractivity contribution in [2.75, 3.05) is 19.8 Å². The second kappa shape index (κ2) is 31.2. The van der Waals surface area contributed by atoms with Gasteiger partial charge in [0, 0.05) is 38.9 Å². The van der Waals surface area contributed by atoms with Crippen LogP contribution < -0.4 is 14.2 Å². The van der Waals surface area contributed by atoms with Crippen LogP contribution in [0.4, 0.5) is 8.63 Å². The van der Waals surface area contributed by atoms with Gasteiger partial charge in [0.15, 0.2) is 22.9 Å². The van der Waals surface area contributed by atoms with Crippen molar-refractivity contribution >= 4 is 41.4 Å². The number of aromatic nitrogens is 1. The Hall–Kier alpha value is -3.63. The molecule has 5 heterocycles. The van der Waals surface area contributed by atoms with Crippen molar-refractivity contribution < 1.29 is 27.3 Å². The van der Waals surface area contributed by atoms with Crippen molar-refractivity contribution in [2.45, 2.75) is 227 Å². The van der Waals surface area contributed by atoms with E-state index < -0.39 is 6.97 Å². The van der Waals surface area contributed by atoms with Gasteiger partial charge in [-0.1, -0.05) is 200 Å². The summed E-state index contributed by atoms with van der Waals surface area (Å²) in [7, 11) is 0. The summed E-state index contributed by atoms with van der Waals surface area (Å²) in [6.45, 7) is 8.38. The van der Waals surface area contributed by atoms with E-state index in [4.69, 9.17) is 14.2 Å². The van der Waals surface area contributed by atoms with E-state index in [1.54, 1.807) is 11.3 Å². The Labute approximate surface area is 437 Å². The molecule has 0 saturated carbocycles. The van der Waals surface area contributed by atoms with Gasteiger partial charge in [0.05, 0.1) is 24.7 Å². The van der Waals surface area contributed by atoms with Gasteiger partial charge in [0.25, 0.3) is 0 Å². The molecule has 0 fully saturated rings. The molecule has 0 bridgehead atoms. The summed E-state index contributed by atoms with van der Waals surface area (Å²) in [6.07, 6.45) is 41.8. The van der Waals surface area contributed by atoms with Crippen molar-refractivity contribution in [3.63, 3.8) is 0 Å². The quantitative estimate of drug-likeness (QED) is 0.0330. The second-order valence-corrected chi connectivity index (χ2v) is 22.7. The molecule has 0 atom stereocenters. The molecule has 2 aliphatic rings. The lowest BCUT2D eigenvalue weighted by Gasteiger charge is -2.30. The van der Waals surface area contributed by atoms with Crippen LogP contribution in [0, 0.1) is 6.92 Å². The van der Waals surface area contributed by atoms with Gasteiger partial charge in [-0.25, -0.2) is 0 Å². The second-order valence-electron chi connectivity index (χ2n) is 20.7. The fourth-order valence-corrected chi connectivity index (χ4v) is 12.5. The van der Waals surface area contributed by atoms with Gasteiger partial charge in [-0.3, -0.25) is 0 Å². The van der Waals surface area contributed by atoms with Crippen molar-refractivity contribution in [2.24, 2.45) is 0 Å². The number of thiophene rings is 2. The van der Waals surface area contributed by atoms with Crippen LogP contribution in [0.2, 0.25) is 0 Å². The standard InChI is InChI=1S/C61H91BF2N2O3S2/c1-6-9-12-15-18-21-24-27-30-33-40-67-54-46-51(47-55(68-41-34-31-28-25-22-19-16-13-10-7-2)61(54)69-42-35-32-29-26-23-20-17-14-11-8-3)56-38-39-58(71-56)60-50(5)45-53-48-52-44-49(4)59(57-37-36-43-70-57)65(52)62(63,64)66(53)60/h36-39,43-48H,6-35,40-42H2,1-5H3. The normalized spacial score (nSPS) is 14.0. The Kier molecular flexibility index (Phi) is 24.9. The molecule has 6 rings (SSSR count). The number of fused-ring (bicyclic) bond motifs is 2. The number of unbranched alkanes of at least 4 members (excludes halogenated alkanes) is 27. The molecule has 2 aliphatic heterocycles. The maximum Gasteiger partial charge on any atom is 0.737 e. The number of rotatable bonds is 39. The Morgan fingerprint density at radius 3 is 1.44 bits per heavy atom. The Morgan fingerprint density at radius 2 is 0.972 bits per heavy atom. The Balaban J connectivity index is 1.21. The van der Waals surface area contributed by atoms with E-state index >= 15 is 8.63 Å². The van der Waals surface area contributed by atoms with Crippen LogP contribution in [0.25, 0.3) is 27.1 Å². The van der Waals surface area contributed by atoms with Gasteiger partial charge in [-0.15, -0.1) is 22.7 Å². The number of halogens is 2. The average Bonchev–Trinajstić information content (AvgIpc) is 4.19. The molecule has 0 saturated heterocycles. The predicted molar refractivity (Wildman–Crippen MR) is 304 cm³/mol. The highest BCUT2D eigenvalue weighted by Gasteiger charge is 2.54. The average molecular weight is 1010 g/mol. The first-order valence-electron chi connectivity index (χ1n) is 28.8. The van der Waals surface area contributed by atoms with Gasteiger partial charge < -0.3 is 31.8 Å². The molecule has 1 aromatic carbocycles. The molecular formula is C61H91BF2N2O3S2. The third kappa shape index (κ3) is 17.0. The molecule has 0 N–H and O–H groups in total. The molecule has 10 heteroatoms. The SMILES string of the molecule is CCCCCCCCCCCCOc1cc(-c2ccc(C3=[N+]4C(=Cc5cc(C)c(-c6cccs6)n5[B-]4(F)F)C=C3C)s2)cc(OCCCCCCCCCCCC)c1OCCCCCCCCCCCC. The van der Waals surface area contributed by atoms with Crippen LogP contribution >= 0.6 is 22.7 Å². The maximum absolute atomic E-state index is 17.3. The highest BCUT2D eigenvalue weighted by molar-refractivity contribution is 7.17. The minimum atomic E-state index is -4.19. The van der Waals surface area contributed by atoms with E-state index in [0.29, 0.717) is 48.4 Å². The van der Waals surface area contributed by atoms with Crippen LogP contribution in [0.1, 0.15) is 236 Å². The van der Waals surface area contributed by atoms with Crippen LogP contribution in [-0.4, -0.2) is 41.5 Å². The summed E-state index contributed by atoms with van der Waals surface area (Å²) in [5.74, 6) is 2.14. The zero-order valence-electron chi connectivity index (χ0n) is 44.9. The van der Waals surface area contributed by atoms with Gasteiger partial charge >= 0.3 is 6.97 Å². The van der Waals surface area contributed by atoms with E-state index in [1.165, 1.54) is 174 Å². The topological polar surface area (TPSA) is 35.6 Å². The zero-order valence-corrected chi connectivity index (χ0v) is 46.5. The zero-order chi connectivity index (χ0) is 50.1. The van der Waals surface area contributed by atoms with Gasteiger partial charge in [-0.2, -0.15) is 0 Å². The first kappa shape index (κ1) is 56.7. The van der Waals surface area contributed by atoms with Crippen LogP contribution in [0.5, 0.6) is 17.2 Å². The lowest BCUT2D eigenvalue weighted by atomic mass is 9.90. The predicted octanol–water partition coefficient (Wildman–Crippen LogP) is 20.2. The fourth-order valence-electron chi connectivity index (χ4n) is 10.6. The molecule has 0 radical (unpaired) electrons. The summed E-state index contributed by atoms with van der Waals surface area (Å²) in [5.41, 5.74) is 4.90. The molecule has 4 aromatic rings. The molecule has 392 valence electrons. The van der Waals surface area contributed by atoms with E-state index in [0.717, 1.165) is 81.4 Å². The lowest BCUT2D eigenvalue weighted by molar-refractivity contribution is -0.360. The largest absolute Gasteiger partial charge is 0.737 e. The first-order chi connectivity index (χ1) is 34.8. The summed E-state index contributed by atoms with van der Waals surface area (Å²) in [6, 6.07) is 14.1. The molecule has 0 spiro atoms. The number of ether oxygens (including phenoxy) is 3. The van der Waals surface area contributed by atoms with Gasteiger partial charge in [0.2, 0.25) is 5.75 Å². The van der Waals surface area contributed by atoms with Crippen LogP contribution in [0.15, 0.2) is 65.2 Å². The highest BCUT2D eigenvalue weighted by Crippen LogP contribution is 2.46. The Bertz CT molecular complexity index is 2210.